The number of primary amides is 1. The van der Waals surface area contributed by atoms with Crippen molar-refractivity contribution in [2.24, 2.45) is 5.73 Å². The summed E-state index contributed by atoms with van der Waals surface area (Å²) in [5.74, 6) is -0.895. The Morgan fingerprint density at radius 1 is 1.22 bits per heavy atom. The summed E-state index contributed by atoms with van der Waals surface area (Å²) < 4.78 is 6.90. The standard InChI is InChI=1S/C19H20N4O4/c20-16(25)19-9-5-11-23(19)15(24)14-8-4-10-22(14)17(19)21-18(26)27-12-13-6-2-1-3-7-13/h1-4,6-8,10,17H,5,9,11-12H2,(H2,20,25)(H,21,26)/t17-,19-/m1/s1. The number of alkyl carbamates (subject to hydrolysis) is 1. The maximum absolute atomic E-state index is 12.8. The topological polar surface area (TPSA) is 107 Å². The van der Waals surface area contributed by atoms with Gasteiger partial charge in [-0.15, -0.1) is 0 Å². The highest BCUT2D eigenvalue weighted by atomic mass is 16.5. The molecular formula is C19H20N4O4. The quantitative estimate of drug-likeness (QED) is 0.850. The van der Waals surface area contributed by atoms with Crippen LogP contribution < -0.4 is 11.1 Å². The number of ether oxygens (including phenoxy) is 1. The number of hydrogen-bond acceptors (Lipinski definition) is 4. The molecule has 1 aromatic carbocycles. The van der Waals surface area contributed by atoms with Gasteiger partial charge >= 0.3 is 6.09 Å². The number of aromatic nitrogens is 1. The fourth-order valence-corrected chi connectivity index (χ4v) is 4.03. The number of benzene rings is 1. The highest BCUT2D eigenvalue weighted by Crippen LogP contribution is 2.42. The molecule has 27 heavy (non-hydrogen) atoms. The molecular weight excluding hydrogens is 348 g/mol. The summed E-state index contributed by atoms with van der Waals surface area (Å²) >= 11 is 0. The molecule has 140 valence electrons. The van der Waals surface area contributed by atoms with Crippen molar-refractivity contribution < 1.29 is 19.1 Å². The second-order valence-corrected chi connectivity index (χ2v) is 6.76. The van der Waals surface area contributed by atoms with Crippen LogP contribution in [0.15, 0.2) is 48.7 Å². The van der Waals surface area contributed by atoms with Gasteiger partial charge in [-0.2, -0.15) is 0 Å². The van der Waals surface area contributed by atoms with Gasteiger partial charge in [-0.3, -0.25) is 14.9 Å². The first-order chi connectivity index (χ1) is 13.0. The van der Waals surface area contributed by atoms with Crippen molar-refractivity contribution in [3.63, 3.8) is 0 Å². The second kappa shape index (κ2) is 6.46. The van der Waals surface area contributed by atoms with Crippen LogP contribution in [0, 0.1) is 0 Å². The van der Waals surface area contributed by atoms with Crippen molar-refractivity contribution >= 4 is 17.9 Å². The summed E-state index contributed by atoms with van der Waals surface area (Å²) in [6.07, 6.45) is 1.19. The number of fused-ring (bicyclic) bond motifs is 2. The third kappa shape index (κ3) is 2.64. The van der Waals surface area contributed by atoms with E-state index in [-0.39, 0.29) is 12.5 Å². The zero-order valence-corrected chi connectivity index (χ0v) is 14.6. The molecule has 0 radical (unpaired) electrons. The molecule has 2 aliphatic heterocycles. The average molecular weight is 368 g/mol. The van der Waals surface area contributed by atoms with Crippen molar-refractivity contribution in [3.8, 4) is 0 Å². The van der Waals surface area contributed by atoms with Crippen LogP contribution >= 0.6 is 0 Å². The Morgan fingerprint density at radius 2 is 2.00 bits per heavy atom. The predicted octanol–water partition coefficient (Wildman–Crippen LogP) is 1.39. The molecule has 3 amide bonds. The largest absolute Gasteiger partial charge is 0.445 e. The molecule has 2 aliphatic rings. The first-order valence-corrected chi connectivity index (χ1v) is 8.80. The molecule has 0 spiro atoms. The van der Waals surface area contributed by atoms with Gasteiger partial charge in [-0.1, -0.05) is 30.3 Å². The highest BCUT2D eigenvalue weighted by molar-refractivity contribution is 6.00. The van der Waals surface area contributed by atoms with Crippen LogP contribution in [0.5, 0.6) is 0 Å². The molecule has 0 bridgehead atoms. The Bertz CT molecular complexity index is 894. The zero-order valence-electron chi connectivity index (χ0n) is 14.6. The van der Waals surface area contributed by atoms with Crippen molar-refractivity contribution in [1.82, 2.24) is 14.8 Å². The molecule has 1 fully saturated rings. The van der Waals surface area contributed by atoms with Gasteiger partial charge in [-0.05, 0) is 30.5 Å². The molecule has 4 rings (SSSR count). The van der Waals surface area contributed by atoms with Gasteiger partial charge in [-0.25, -0.2) is 4.79 Å². The van der Waals surface area contributed by atoms with E-state index in [9.17, 15) is 14.4 Å². The van der Waals surface area contributed by atoms with Gasteiger partial charge in [0.25, 0.3) is 5.91 Å². The molecule has 0 saturated carbocycles. The summed E-state index contributed by atoms with van der Waals surface area (Å²) in [6.45, 7) is 0.522. The zero-order chi connectivity index (χ0) is 19.0. The first kappa shape index (κ1) is 17.1. The molecule has 8 nitrogen and oxygen atoms in total. The summed E-state index contributed by atoms with van der Waals surface area (Å²) in [5.41, 5.74) is 5.68. The van der Waals surface area contributed by atoms with Crippen molar-refractivity contribution in [2.75, 3.05) is 6.54 Å². The van der Waals surface area contributed by atoms with E-state index in [1.165, 1.54) is 4.90 Å². The molecule has 3 heterocycles. The molecule has 0 unspecified atom stereocenters. The van der Waals surface area contributed by atoms with E-state index >= 15 is 0 Å². The molecule has 2 aromatic rings. The van der Waals surface area contributed by atoms with Crippen molar-refractivity contribution in [2.45, 2.75) is 31.2 Å². The lowest BCUT2D eigenvalue weighted by Crippen LogP contribution is -2.67. The van der Waals surface area contributed by atoms with Crippen LogP contribution in [-0.2, 0) is 16.1 Å². The lowest BCUT2D eigenvalue weighted by Gasteiger charge is -2.46. The van der Waals surface area contributed by atoms with E-state index in [1.54, 1.807) is 22.9 Å². The van der Waals surface area contributed by atoms with E-state index in [0.29, 0.717) is 25.1 Å². The molecule has 3 N–H and O–H groups in total. The van der Waals surface area contributed by atoms with Crippen LogP contribution in [0.25, 0.3) is 0 Å². The molecule has 2 atom stereocenters. The lowest BCUT2D eigenvalue weighted by atomic mass is 9.88. The van der Waals surface area contributed by atoms with Gasteiger partial charge in [0.2, 0.25) is 5.91 Å². The third-order valence-electron chi connectivity index (χ3n) is 5.29. The number of hydrogen-bond donors (Lipinski definition) is 2. The van der Waals surface area contributed by atoms with Crippen molar-refractivity contribution in [3.05, 3.63) is 59.9 Å². The monoisotopic (exact) mass is 368 g/mol. The van der Waals surface area contributed by atoms with Gasteiger partial charge < -0.3 is 19.9 Å². The van der Waals surface area contributed by atoms with Crippen molar-refractivity contribution in [1.29, 1.82) is 0 Å². The lowest BCUT2D eigenvalue weighted by molar-refractivity contribution is -0.131. The fourth-order valence-electron chi connectivity index (χ4n) is 4.03. The smallest absolute Gasteiger partial charge is 0.409 e. The maximum atomic E-state index is 12.8. The maximum Gasteiger partial charge on any atom is 0.409 e. The molecule has 8 heteroatoms. The number of nitrogens with one attached hydrogen (secondary N) is 1. The van der Waals surface area contributed by atoms with Crippen LogP contribution in [0.1, 0.15) is 35.1 Å². The summed E-state index contributed by atoms with van der Waals surface area (Å²) in [6, 6.07) is 12.6. The van der Waals surface area contributed by atoms with E-state index < -0.39 is 23.7 Å². The minimum absolute atomic E-state index is 0.101. The van der Waals surface area contributed by atoms with E-state index in [4.69, 9.17) is 10.5 Å². The Balaban J connectivity index is 1.61. The van der Waals surface area contributed by atoms with Gasteiger partial charge in [0.05, 0.1) is 0 Å². The summed E-state index contributed by atoms with van der Waals surface area (Å²) in [5, 5.41) is 2.75. The van der Waals surface area contributed by atoms with Crippen LogP contribution in [0.4, 0.5) is 4.79 Å². The average Bonchev–Trinajstić information content (AvgIpc) is 3.32. The molecule has 1 aromatic heterocycles. The predicted molar refractivity (Wildman–Crippen MR) is 95.4 cm³/mol. The van der Waals surface area contributed by atoms with Crippen LogP contribution in [0.3, 0.4) is 0 Å². The fraction of sp³-hybridized carbons (Fsp3) is 0.316. The minimum atomic E-state index is -1.30. The molecule has 1 saturated heterocycles. The minimum Gasteiger partial charge on any atom is -0.445 e. The van der Waals surface area contributed by atoms with Crippen LogP contribution in [-0.4, -0.2) is 39.5 Å². The Morgan fingerprint density at radius 3 is 2.74 bits per heavy atom. The number of carbonyl (C=O) groups excluding carboxylic acids is 3. The van der Waals surface area contributed by atoms with Gasteiger partial charge in [0, 0.05) is 12.7 Å². The number of carbonyl (C=O) groups is 3. The first-order valence-electron chi connectivity index (χ1n) is 8.80. The Kier molecular flexibility index (Phi) is 4.10. The summed E-state index contributed by atoms with van der Waals surface area (Å²) in [4.78, 5) is 39.1. The number of nitrogens with two attached hydrogens (primary N) is 1. The van der Waals surface area contributed by atoms with E-state index in [0.717, 1.165) is 5.56 Å². The molecule has 0 aliphatic carbocycles. The number of nitrogens with zero attached hydrogens (tertiary/aromatic N) is 2. The van der Waals surface area contributed by atoms with Crippen LogP contribution in [0.2, 0.25) is 0 Å². The Labute approximate surface area is 155 Å². The van der Waals surface area contributed by atoms with Gasteiger partial charge in [0.15, 0.2) is 5.54 Å². The van der Waals surface area contributed by atoms with E-state index in [1.807, 2.05) is 30.3 Å². The van der Waals surface area contributed by atoms with E-state index in [2.05, 4.69) is 5.32 Å². The Hall–Kier alpha value is -3.29. The summed E-state index contributed by atoms with van der Waals surface area (Å²) in [7, 11) is 0. The SMILES string of the molecule is NC(=O)[C@@]12CCCN1C(=O)c1cccn1[C@H]2NC(=O)OCc1ccccc1. The highest BCUT2D eigenvalue weighted by Gasteiger charge is 2.59. The number of rotatable bonds is 4. The van der Waals surface area contributed by atoms with Gasteiger partial charge in [0.1, 0.15) is 18.5 Å². The number of amides is 3. The normalized spacial score (nSPS) is 23.5. The second-order valence-electron chi connectivity index (χ2n) is 6.76. The third-order valence-corrected chi connectivity index (χ3v) is 5.29.